The van der Waals surface area contributed by atoms with Crippen molar-refractivity contribution in [1.29, 1.82) is 0 Å². The van der Waals surface area contributed by atoms with E-state index in [1.54, 1.807) is 0 Å². The molecule has 0 saturated heterocycles. The third-order valence-electron chi connectivity index (χ3n) is 4.81. The maximum atomic E-state index is 2.42. The van der Waals surface area contributed by atoms with Crippen LogP contribution in [0, 0.1) is 0 Å². The van der Waals surface area contributed by atoms with E-state index < -0.39 is 0 Å². The molecule has 152 valence electrons. The van der Waals surface area contributed by atoms with Gasteiger partial charge in [0.25, 0.3) is 0 Å². The summed E-state index contributed by atoms with van der Waals surface area (Å²) in [6, 6.07) is 0. The topological polar surface area (TPSA) is 0 Å². The van der Waals surface area contributed by atoms with E-state index in [1.165, 1.54) is 45.7 Å². The first-order chi connectivity index (χ1) is 13.1. The van der Waals surface area contributed by atoms with E-state index in [2.05, 4.69) is 88.5 Å². The zero-order valence-electron chi connectivity index (χ0n) is 18.8. The van der Waals surface area contributed by atoms with Gasteiger partial charge in [-0.3, -0.25) is 0 Å². The Balaban J connectivity index is 3.50. The first-order valence-corrected chi connectivity index (χ1v) is 11.4. The van der Waals surface area contributed by atoms with Gasteiger partial charge in [0, 0.05) is 0 Å². The SMILES string of the molecule is CCBC(C)(C)CCCCC/C=C\C/C=C\C/C=C\C/C=C\C/C=C\CC. The summed E-state index contributed by atoms with van der Waals surface area (Å²) >= 11 is 0. The van der Waals surface area contributed by atoms with Gasteiger partial charge in [0.2, 0.25) is 0 Å². The van der Waals surface area contributed by atoms with Crippen molar-refractivity contribution in [2.45, 2.75) is 104 Å². The van der Waals surface area contributed by atoms with Crippen molar-refractivity contribution in [3.63, 3.8) is 0 Å². The van der Waals surface area contributed by atoms with Crippen LogP contribution in [0.15, 0.2) is 60.8 Å². The van der Waals surface area contributed by atoms with E-state index >= 15 is 0 Å². The summed E-state index contributed by atoms with van der Waals surface area (Å²) in [7, 11) is 1.36. The predicted octanol–water partition coefficient (Wildman–Crippen LogP) is 8.76. The van der Waals surface area contributed by atoms with Gasteiger partial charge in [-0.15, -0.1) is 0 Å². The summed E-state index contributed by atoms with van der Waals surface area (Å²) in [5.74, 6) is 0. The molecule has 0 amide bonds. The summed E-state index contributed by atoms with van der Waals surface area (Å²) < 4.78 is 0. The van der Waals surface area contributed by atoms with Crippen LogP contribution in [0.1, 0.15) is 91.9 Å². The van der Waals surface area contributed by atoms with E-state index in [0.29, 0.717) is 5.31 Å². The van der Waals surface area contributed by atoms with Crippen molar-refractivity contribution in [3.05, 3.63) is 60.8 Å². The van der Waals surface area contributed by atoms with Gasteiger partial charge in [-0.1, -0.05) is 119 Å². The lowest BCUT2D eigenvalue weighted by Crippen LogP contribution is -2.11. The molecule has 0 aromatic heterocycles. The van der Waals surface area contributed by atoms with Crippen LogP contribution in [0.4, 0.5) is 0 Å². The summed E-state index contributed by atoms with van der Waals surface area (Å²) in [6.07, 6.45) is 36.0. The predicted molar refractivity (Wildman–Crippen MR) is 129 cm³/mol. The molecule has 1 heteroatoms. The van der Waals surface area contributed by atoms with Crippen LogP contribution in [0.3, 0.4) is 0 Å². The number of rotatable bonds is 17. The molecule has 0 unspecified atom stereocenters. The minimum atomic E-state index is 0.548. The summed E-state index contributed by atoms with van der Waals surface area (Å²) in [4.78, 5) is 0. The molecular formula is C26H45B. The molecule has 0 aliphatic heterocycles. The zero-order valence-corrected chi connectivity index (χ0v) is 18.8. The second kappa shape index (κ2) is 19.5. The molecule has 0 N–H and O–H groups in total. The van der Waals surface area contributed by atoms with Gasteiger partial charge < -0.3 is 0 Å². The lowest BCUT2D eigenvalue weighted by Gasteiger charge is -2.22. The Kier molecular flexibility index (Phi) is 18.6. The van der Waals surface area contributed by atoms with Crippen molar-refractivity contribution in [2.75, 3.05) is 0 Å². The Morgan fingerprint density at radius 1 is 0.593 bits per heavy atom. The first kappa shape index (κ1) is 25.8. The van der Waals surface area contributed by atoms with Crippen molar-refractivity contribution in [3.8, 4) is 0 Å². The highest BCUT2D eigenvalue weighted by Crippen LogP contribution is 2.31. The molecule has 0 aromatic rings. The molecule has 0 bridgehead atoms. The molecule has 0 rings (SSSR count). The molecule has 0 atom stereocenters. The van der Waals surface area contributed by atoms with Gasteiger partial charge in [-0.25, -0.2) is 0 Å². The third-order valence-corrected chi connectivity index (χ3v) is 4.81. The highest BCUT2D eigenvalue weighted by molar-refractivity contribution is 6.39. The van der Waals surface area contributed by atoms with Crippen LogP contribution in [0.5, 0.6) is 0 Å². The molecule has 0 radical (unpaired) electrons. The lowest BCUT2D eigenvalue weighted by molar-refractivity contribution is 0.540. The monoisotopic (exact) mass is 368 g/mol. The normalized spacial score (nSPS) is 13.3. The van der Waals surface area contributed by atoms with E-state index in [-0.39, 0.29) is 0 Å². The zero-order chi connectivity index (χ0) is 20.1. The average Bonchev–Trinajstić information content (AvgIpc) is 2.63. The highest BCUT2D eigenvalue weighted by atomic mass is 14.1. The number of hydrogen-bond acceptors (Lipinski definition) is 0. The Morgan fingerprint density at radius 3 is 1.56 bits per heavy atom. The Bertz CT molecular complexity index is 449. The van der Waals surface area contributed by atoms with E-state index in [0.717, 1.165) is 32.1 Å². The van der Waals surface area contributed by atoms with Gasteiger partial charge in [0.05, 0.1) is 0 Å². The molecule has 0 heterocycles. The molecule has 0 saturated carbocycles. The highest BCUT2D eigenvalue weighted by Gasteiger charge is 2.16. The quantitative estimate of drug-likeness (QED) is 0.137. The van der Waals surface area contributed by atoms with E-state index in [1.807, 2.05) is 0 Å². The standard InChI is InChI=1S/C26H45B/c1-5-7-8-9-10-11-12-13-14-15-16-17-18-19-20-21-22-23-24-25-26(3,4)27-6-2/h7-8,10-11,13-14,16-17,19-20,27H,5-6,9,12,15,18,21-25H2,1-4H3/b8-7-,11-10-,14-13-,17-16-,20-19-. The number of hydrogen-bond donors (Lipinski definition) is 0. The summed E-state index contributed by atoms with van der Waals surface area (Å²) in [5, 5.41) is 0.548. The van der Waals surface area contributed by atoms with Crippen LogP contribution in [-0.4, -0.2) is 7.28 Å². The molecular weight excluding hydrogens is 323 g/mol. The maximum Gasteiger partial charge on any atom is 0.127 e. The van der Waals surface area contributed by atoms with Gasteiger partial charge in [-0.05, 0) is 44.9 Å². The van der Waals surface area contributed by atoms with Gasteiger partial charge in [0.1, 0.15) is 7.28 Å². The van der Waals surface area contributed by atoms with E-state index in [9.17, 15) is 0 Å². The van der Waals surface area contributed by atoms with Crippen LogP contribution >= 0.6 is 0 Å². The maximum absolute atomic E-state index is 2.42. The molecule has 0 spiro atoms. The molecule has 0 aliphatic rings. The second-order valence-electron chi connectivity index (χ2n) is 8.22. The molecule has 0 nitrogen and oxygen atoms in total. The lowest BCUT2D eigenvalue weighted by atomic mass is 9.51. The van der Waals surface area contributed by atoms with Crippen molar-refractivity contribution < 1.29 is 0 Å². The molecule has 0 fully saturated rings. The second-order valence-corrected chi connectivity index (χ2v) is 8.22. The minimum absolute atomic E-state index is 0.548. The summed E-state index contributed by atoms with van der Waals surface area (Å²) in [6.45, 7) is 9.30. The Labute approximate surface area is 171 Å². The van der Waals surface area contributed by atoms with Gasteiger partial charge >= 0.3 is 0 Å². The van der Waals surface area contributed by atoms with Crippen LogP contribution in [-0.2, 0) is 0 Å². The van der Waals surface area contributed by atoms with Crippen LogP contribution in [0.25, 0.3) is 0 Å². The van der Waals surface area contributed by atoms with Gasteiger partial charge in [-0.2, -0.15) is 0 Å². The fourth-order valence-corrected chi connectivity index (χ4v) is 3.21. The minimum Gasteiger partial charge on any atom is -0.0885 e. The first-order valence-electron chi connectivity index (χ1n) is 11.4. The molecule has 0 aliphatic carbocycles. The fourth-order valence-electron chi connectivity index (χ4n) is 3.21. The number of allylic oxidation sites excluding steroid dienone is 10. The molecule has 27 heavy (non-hydrogen) atoms. The third kappa shape index (κ3) is 20.9. The number of unbranched alkanes of at least 4 members (excludes halogenated alkanes) is 3. The molecule has 0 aromatic carbocycles. The Hall–Kier alpha value is -1.24. The summed E-state index contributed by atoms with van der Waals surface area (Å²) in [5.41, 5.74) is 0. The smallest absolute Gasteiger partial charge is 0.0885 e. The van der Waals surface area contributed by atoms with E-state index in [4.69, 9.17) is 0 Å². The largest absolute Gasteiger partial charge is 0.127 e. The average molecular weight is 368 g/mol. The van der Waals surface area contributed by atoms with Crippen LogP contribution in [0.2, 0.25) is 11.6 Å². The van der Waals surface area contributed by atoms with Crippen molar-refractivity contribution in [1.82, 2.24) is 0 Å². The van der Waals surface area contributed by atoms with Crippen molar-refractivity contribution in [2.24, 2.45) is 0 Å². The van der Waals surface area contributed by atoms with Crippen LogP contribution < -0.4 is 0 Å². The fraction of sp³-hybridized carbons (Fsp3) is 0.615. The van der Waals surface area contributed by atoms with Gasteiger partial charge in [0.15, 0.2) is 0 Å². The van der Waals surface area contributed by atoms with Crippen molar-refractivity contribution >= 4 is 7.28 Å². The Morgan fingerprint density at radius 2 is 1.07 bits per heavy atom.